The van der Waals surface area contributed by atoms with Crippen molar-refractivity contribution in [2.45, 2.75) is 31.9 Å². The number of hydrogen-bond acceptors (Lipinski definition) is 3. The number of nitrogens with one attached hydrogen (secondary N) is 1. The number of carboxylic acids is 1. The minimum Gasteiger partial charge on any atom is -0.481 e. The first-order valence-electron chi connectivity index (χ1n) is 5.96. The number of urea groups is 1. The van der Waals surface area contributed by atoms with E-state index in [1.807, 2.05) is 6.92 Å². The quantitative estimate of drug-likeness (QED) is 0.729. The molecule has 0 aromatic rings. The van der Waals surface area contributed by atoms with E-state index in [0.717, 1.165) is 12.8 Å². The van der Waals surface area contributed by atoms with Crippen molar-refractivity contribution in [2.75, 3.05) is 19.7 Å². The summed E-state index contributed by atoms with van der Waals surface area (Å²) in [4.78, 5) is 23.9. The van der Waals surface area contributed by atoms with Gasteiger partial charge in [-0.1, -0.05) is 0 Å². The molecule has 0 bridgehead atoms. The SMILES string of the molecule is CC1CC(NC(=O)N2CC(C(=O)O)C2)CCO1. The van der Waals surface area contributed by atoms with Crippen LogP contribution >= 0.6 is 0 Å². The Bertz CT molecular complexity index is 315. The fourth-order valence-corrected chi connectivity index (χ4v) is 2.20. The highest BCUT2D eigenvalue weighted by Crippen LogP contribution is 2.17. The first-order chi connectivity index (χ1) is 8.06. The summed E-state index contributed by atoms with van der Waals surface area (Å²) in [5.74, 6) is -1.22. The Kier molecular flexibility index (Phi) is 3.51. The lowest BCUT2D eigenvalue weighted by Crippen LogP contribution is -2.58. The molecular formula is C11H18N2O4. The monoisotopic (exact) mass is 242 g/mol. The highest BCUT2D eigenvalue weighted by Gasteiger charge is 2.36. The molecule has 6 heteroatoms. The summed E-state index contributed by atoms with van der Waals surface area (Å²) in [7, 11) is 0. The molecule has 2 atom stereocenters. The van der Waals surface area contributed by atoms with Crippen molar-refractivity contribution in [3.05, 3.63) is 0 Å². The fraction of sp³-hybridized carbons (Fsp3) is 0.818. The maximum Gasteiger partial charge on any atom is 0.317 e. The number of likely N-dealkylation sites (tertiary alicyclic amines) is 1. The summed E-state index contributed by atoms with van der Waals surface area (Å²) in [5, 5.41) is 11.6. The minimum absolute atomic E-state index is 0.148. The average Bonchev–Trinajstić information content (AvgIpc) is 2.13. The Labute approximate surface area is 99.9 Å². The Hall–Kier alpha value is -1.30. The Morgan fingerprint density at radius 1 is 1.41 bits per heavy atom. The average molecular weight is 242 g/mol. The standard InChI is InChI=1S/C11H18N2O4/c1-7-4-9(2-3-17-7)12-11(16)13-5-8(6-13)10(14)15/h7-9H,2-6H2,1H3,(H,12,16)(H,14,15). The molecule has 0 aromatic heterocycles. The number of carbonyl (C=O) groups excluding carboxylic acids is 1. The number of aliphatic carboxylic acids is 1. The molecule has 96 valence electrons. The van der Waals surface area contributed by atoms with Crippen LogP contribution in [0.5, 0.6) is 0 Å². The Morgan fingerprint density at radius 3 is 2.71 bits per heavy atom. The van der Waals surface area contributed by atoms with E-state index in [1.165, 1.54) is 0 Å². The van der Waals surface area contributed by atoms with Gasteiger partial charge in [0.1, 0.15) is 0 Å². The van der Waals surface area contributed by atoms with Gasteiger partial charge in [-0.25, -0.2) is 4.79 Å². The van der Waals surface area contributed by atoms with E-state index >= 15 is 0 Å². The van der Waals surface area contributed by atoms with Gasteiger partial charge in [0.25, 0.3) is 0 Å². The highest BCUT2D eigenvalue weighted by molar-refractivity contribution is 5.79. The van der Waals surface area contributed by atoms with Crippen molar-refractivity contribution >= 4 is 12.0 Å². The molecule has 2 unspecified atom stereocenters. The third-order valence-corrected chi connectivity index (χ3v) is 3.33. The van der Waals surface area contributed by atoms with E-state index in [4.69, 9.17) is 9.84 Å². The number of carbonyl (C=O) groups is 2. The van der Waals surface area contributed by atoms with Gasteiger partial charge in [0, 0.05) is 25.7 Å². The lowest BCUT2D eigenvalue weighted by Gasteiger charge is -2.38. The minimum atomic E-state index is -0.825. The van der Waals surface area contributed by atoms with E-state index in [2.05, 4.69) is 5.32 Å². The topological polar surface area (TPSA) is 78.9 Å². The molecular weight excluding hydrogens is 224 g/mol. The molecule has 2 aliphatic rings. The van der Waals surface area contributed by atoms with Gasteiger partial charge in [-0.3, -0.25) is 4.79 Å². The number of rotatable bonds is 2. The third-order valence-electron chi connectivity index (χ3n) is 3.33. The largest absolute Gasteiger partial charge is 0.481 e. The van der Waals surface area contributed by atoms with E-state index in [1.54, 1.807) is 4.90 Å². The second-order valence-electron chi connectivity index (χ2n) is 4.79. The summed E-state index contributed by atoms with van der Waals surface area (Å²) >= 11 is 0. The third kappa shape index (κ3) is 2.88. The van der Waals surface area contributed by atoms with Gasteiger partial charge in [-0.05, 0) is 19.8 Å². The van der Waals surface area contributed by atoms with Gasteiger partial charge < -0.3 is 20.1 Å². The van der Waals surface area contributed by atoms with Crippen LogP contribution in [0, 0.1) is 5.92 Å². The van der Waals surface area contributed by atoms with E-state index in [9.17, 15) is 9.59 Å². The first-order valence-corrected chi connectivity index (χ1v) is 5.96. The molecule has 2 saturated heterocycles. The molecule has 6 nitrogen and oxygen atoms in total. The molecule has 2 amide bonds. The number of ether oxygens (including phenoxy) is 1. The fourth-order valence-electron chi connectivity index (χ4n) is 2.20. The number of amides is 2. The van der Waals surface area contributed by atoms with Crippen molar-refractivity contribution in [3.8, 4) is 0 Å². The molecule has 2 fully saturated rings. The lowest BCUT2D eigenvalue weighted by molar-refractivity contribution is -0.146. The van der Waals surface area contributed by atoms with Crippen LogP contribution in [0.3, 0.4) is 0 Å². The van der Waals surface area contributed by atoms with Gasteiger partial charge >= 0.3 is 12.0 Å². The van der Waals surface area contributed by atoms with E-state index in [0.29, 0.717) is 19.7 Å². The van der Waals surface area contributed by atoms with Crippen LogP contribution in [0.2, 0.25) is 0 Å². The van der Waals surface area contributed by atoms with Gasteiger partial charge in [0.05, 0.1) is 12.0 Å². The first kappa shape index (κ1) is 12.2. The molecule has 2 rings (SSSR count). The summed E-state index contributed by atoms with van der Waals surface area (Å²) < 4.78 is 5.40. The summed E-state index contributed by atoms with van der Waals surface area (Å²) in [6.45, 7) is 3.30. The van der Waals surface area contributed by atoms with Crippen LogP contribution in [-0.2, 0) is 9.53 Å². The van der Waals surface area contributed by atoms with Crippen LogP contribution < -0.4 is 5.32 Å². The second-order valence-corrected chi connectivity index (χ2v) is 4.79. The van der Waals surface area contributed by atoms with E-state index < -0.39 is 11.9 Å². The Morgan fingerprint density at radius 2 is 2.12 bits per heavy atom. The van der Waals surface area contributed by atoms with Crippen LogP contribution in [0.25, 0.3) is 0 Å². The zero-order chi connectivity index (χ0) is 12.4. The predicted molar refractivity (Wildman–Crippen MR) is 59.7 cm³/mol. The molecule has 2 N–H and O–H groups in total. The summed E-state index contributed by atoms with van der Waals surface area (Å²) in [6, 6.07) is -0.00303. The van der Waals surface area contributed by atoms with Gasteiger partial charge in [-0.2, -0.15) is 0 Å². The maximum absolute atomic E-state index is 11.7. The van der Waals surface area contributed by atoms with Crippen LogP contribution in [0.4, 0.5) is 4.79 Å². The van der Waals surface area contributed by atoms with Crippen LogP contribution in [0.15, 0.2) is 0 Å². The number of carboxylic acid groups (broad SMARTS) is 1. The number of hydrogen-bond donors (Lipinski definition) is 2. The molecule has 0 aliphatic carbocycles. The molecule has 2 heterocycles. The zero-order valence-electron chi connectivity index (χ0n) is 9.89. The second kappa shape index (κ2) is 4.91. The van der Waals surface area contributed by atoms with Crippen molar-refractivity contribution in [3.63, 3.8) is 0 Å². The van der Waals surface area contributed by atoms with Crippen molar-refractivity contribution in [2.24, 2.45) is 5.92 Å². The van der Waals surface area contributed by atoms with Crippen molar-refractivity contribution in [1.29, 1.82) is 0 Å². The lowest BCUT2D eigenvalue weighted by atomic mass is 10.0. The molecule has 0 saturated carbocycles. The maximum atomic E-state index is 11.7. The summed E-state index contributed by atoms with van der Waals surface area (Å²) in [6.07, 6.45) is 1.83. The summed E-state index contributed by atoms with van der Waals surface area (Å²) in [5.41, 5.74) is 0. The molecule has 0 aromatic carbocycles. The van der Waals surface area contributed by atoms with Crippen LogP contribution in [-0.4, -0.2) is 53.8 Å². The molecule has 17 heavy (non-hydrogen) atoms. The van der Waals surface area contributed by atoms with Crippen molar-refractivity contribution in [1.82, 2.24) is 10.2 Å². The molecule has 0 radical (unpaired) electrons. The smallest absolute Gasteiger partial charge is 0.317 e. The molecule has 0 spiro atoms. The van der Waals surface area contributed by atoms with Gasteiger partial charge in [-0.15, -0.1) is 0 Å². The van der Waals surface area contributed by atoms with Crippen molar-refractivity contribution < 1.29 is 19.4 Å². The highest BCUT2D eigenvalue weighted by atomic mass is 16.5. The van der Waals surface area contributed by atoms with Crippen LogP contribution in [0.1, 0.15) is 19.8 Å². The predicted octanol–water partition coefficient (Wildman–Crippen LogP) is 0.280. The number of nitrogens with zero attached hydrogens (tertiary/aromatic N) is 1. The van der Waals surface area contributed by atoms with Gasteiger partial charge in [0.2, 0.25) is 0 Å². The zero-order valence-corrected chi connectivity index (χ0v) is 9.89. The van der Waals surface area contributed by atoms with Gasteiger partial charge in [0.15, 0.2) is 0 Å². The Balaban J connectivity index is 1.73. The molecule has 2 aliphatic heterocycles. The normalized spacial score (nSPS) is 29.6. The van der Waals surface area contributed by atoms with E-state index in [-0.39, 0.29) is 18.2 Å².